The lowest BCUT2D eigenvalue weighted by molar-refractivity contribution is -0.113. The van der Waals surface area contributed by atoms with E-state index >= 15 is 0 Å². The fourth-order valence-corrected chi connectivity index (χ4v) is 4.31. The number of halogens is 1. The first-order valence-electron chi connectivity index (χ1n) is 10.7. The van der Waals surface area contributed by atoms with Crippen LogP contribution in [0.3, 0.4) is 0 Å². The standard InChI is InChI=1S/C27H18ClN3O3S/c28-21-12-13-23(22(15-21)25(33)18-7-2-1-3-8-18)29-24(32)16-35-27-31-30-26(34-27)20-11-10-17-6-4-5-9-19(17)14-20/h1-15H,16H2,(H,29,32). The van der Waals surface area contributed by atoms with Gasteiger partial charge in [0.15, 0.2) is 5.78 Å². The predicted octanol–water partition coefficient (Wildman–Crippen LogP) is 6.51. The van der Waals surface area contributed by atoms with Gasteiger partial charge in [-0.1, -0.05) is 84.0 Å². The summed E-state index contributed by atoms with van der Waals surface area (Å²) in [6, 6.07) is 27.5. The number of nitrogens with zero attached hydrogens (tertiary/aromatic N) is 2. The number of ketones is 1. The smallest absolute Gasteiger partial charge is 0.277 e. The van der Waals surface area contributed by atoms with E-state index in [-0.39, 0.29) is 22.7 Å². The van der Waals surface area contributed by atoms with Gasteiger partial charge in [-0.25, -0.2) is 0 Å². The normalized spacial score (nSPS) is 10.9. The second-order valence-electron chi connectivity index (χ2n) is 7.66. The lowest BCUT2D eigenvalue weighted by Gasteiger charge is -2.11. The zero-order valence-electron chi connectivity index (χ0n) is 18.3. The lowest BCUT2D eigenvalue weighted by Crippen LogP contribution is -2.17. The van der Waals surface area contributed by atoms with Gasteiger partial charge in [0.25, 0.3) is 5.22 Å². The molecule has 0 fully saturated rings. The van der Waals surface area contributed by atoms with Crippen molar-refractivity contribution in [2.75, 3.05) is 11.1 Å². The number of aromatic nitrogens is 2. The first kappa shape index (κ1) is 22.8. The van der Waals surface area contributed by atoms with E-state index in [0.29, 0.717) is 27.7 Å². The van der Waals surface area contributed by atoms with E-state index < -0.39 is 0 Å². The summed E-state index contributed by atoms with van der Waals surface area (Å²) in [6.07, 6.45) is 0. The average molecular weight is 500 g/mol. The van der Waals surface area contributed by atoms with E-state index in [1.807, 2.05) is 48.5 Å². The van der Waals surface area contributed by atoms with E-state index in [1.54, 1.807) is 42.5 Å². The minimum atomic E-state index is -0.315. The maximum absolute atomic E-state index is 13.0. The molecule has 1 amide bonds. The molecule has 0 bridgehead atoms. The van der Waals surface area contributed by atoms with Crippen molar-refractivity contribution in [2.45, 2.75) is 5.22 Å². The van der Waals surface area contributed by atoms with E-state index in [9.17, 15) is 9.59 Å². The van der Waals surface area contributed by atoms with Crippen LogP contribution in [-0.4, -0.2) is 27.6 Å². The number of carbonyl (C=O) groups excluding carboxylic acids is 2. The molecule has 6 nitrogen and oxygen atoms in total. The summed E-state index contributed by atoms with van der Waals surface area (Å²) < 4.78 is 5.74. The number of carbonyl (C=O) groups is 2. The zero-order chi connectivity index (χ0) is 24.2. The van der Waals surface area contributed by atoms with Gasteiger partial charge in [0.1, 0.15) is 0 Å². The Morgan fingerprint density at radius 3 is 2.46 bits per heavy atom. The molecule has 5 rings (SSSR count). The molecular weight excluding hydrogens is 482 g/mol. The molecule has 0 aliphatic heterocycles. The Balaban J connectivity index is 1.26. The highest BCUT2D eigenvalue weighted by Crippen LogP contribution is 2.27. The molecule has 1 aromatic heterocycles. The third-order valence-corrected chi connectivity index (χ3v) is 6.32. The third-order valence-electron chi connectivity index (χ3n) is 5.27. The molecule has 35 heavy (non-hydrogen) atoms. The minimum absolute atomic E-state index is 0.0287. The monoisotopic (exact) mass is 499 g/mol. The molecule has 0 saturated carbocycles. The highest BCUT2D eigenvalue weighted by Gasteiger charge is 2.17. The quantitative estimate of drug-likeness (QED) is 0.203. The fourth-order valence-electron chi connectivity index (χ4n) is 3.58. The molecule has 0 aliphatic carbocycles. The van der Waals surface area contributed by atoms with Crippen molar-refractivity contribution in [3.63, 3.8) is 0 Å². The molecule has 0 radical (unpaired) electrons. The van der Waals surface area contributed by atoms with E-state index in [1.165, 1.54) is 0 Å². The molecule has 0 spiro atoms. The molecular formula is C27H18ClN3O3S. The summed E-state index contributed by atoms with van der Waals surface area (Å²) in [7, 11) is 0. The number of hydrogen-bond donors (Lipinski definition) is 1. The van der Waals surface area contributed by atoms with Crippen LogP contribution in [0.25, 0.3) is 22.2 Å². The van der Waals surface area contributed by atoms with Gasteiger partial charge < -0.3 is 9.73 Å². The van der Waals surface area contributed by atoms with Crippen LogP contribution in [0, 0.1) is 0 Å². The largest absolute Gasteiger partial charge is 0.411 e. The summed E-state index contributed by atoms with van der Waals surface area (Å²) >= 11 is 7.23. The Morgan fingerprint density at radius 1 is 0.857 bits per heavy atom. The first-order valence-corrected chi connectivity index (χ1v) is 12.1. The van der Waals surface area contributed by atoms with Crippen molar-refractivity contribution in [3.8, 4) is 11.5 Å². The number of benzene rings is 4. The third kappa shape index (κ3) is 5.26. The molecule has 1 N–H and O–H groups in total. The molecule has 172 valence electrons. The van der Waals surface area contributed by atoms with Gasteiger partial charge in [-0.3, -0.25) is 9.59 Å². The van der Waals surface area contributed by atoms with Crippen LogP contribution in [-0.2, 0) is 4.79 Å². The Bertz CT molecular complexity index is 1540. The number of fused-ring (bicyclic) bond motifs is 1. The van der Waals surface area contributed by atoms with E-state index in [4.69, 9.17) is 16.0 Å². The maximum atomic E-state index is 13.0. The average Bonchev–Trinajstić information content (AvgIpc) is 3.37. The summed E-state index contributed by atoms with van der Waals surface area (Å²) in [4.78, 5) is 25.6. The molecule has 8 heteroatoms. The van der Waals surface area contributed by atoms with Crippen molar-refractivity contribution >= 4 is 51.5 Å². The summed E-state index contributed by atoms with van der Waals surface area (Å²) in [5, 5.41) is 13.8. The number of thioether (sulfide) groups is 1. The SMILES string of the molecule is O=C(CSc1nnc(-c2ccc3ccccc3c2)o1)Nc1ccc(Cl)cc1C(=O)c1ccccc1. The van der Waals surface area contributed by atoms with Gasteiger partial charge in [0.05, 0.1) is 11.4 Å². The molecule has 4 aromatic carbocycles. The summed E-state index contributed by atoms with van der Waals surface area (Å²) in [6.45, 7) is 0. The van der Waals surface area contributed by atoms with E-state index in [0.717, 1.165) is 28.1 Å². The first-order chi connectivity index (χ1) is 17.1. The maximum Gasteiger partial charge on any atom is 0.277 e. The summed E-state index contributed by atoms with van der Waals surface area (Å²) in [5.74, 6) is -0.133. The van der Waals surface area contributed by atoms with Gasteiger partial charge in [-0.05, 0) is 41.1 Å². The molecule has 0 saturated heterocycles. The fraction of sp³-hybridized carbons (Fsp3) is 0.0370. The van der Waals surface area contributed by atoms with Crippen molar-refractivity contribution in [3.05, 3.63) is 107 Å². The Morgan fingerprint density at radius 2 is 1.63 bits per heavy atom. The van der Waals surface area contributed by atoms with Crippen LogP contribution >= 0.6 is 23.4 Å². The van der Waals surface area contributed by atoms with Crippen molar-refractivity contribution in [1.29, 1.82) is 0 Å². The molecule has 5 aromatic rings. The number of nitrogens with one attached hydrogen (secondary N) is 1. The molecule has 1 heterocycles. The molecule has 0 aliphatic rings. The van der Waals surface area contributed by atoms with Gasteiger partial charge >= 0.3 is 0 Å². The Kier molecular flexibility index (Phi) is 6.61. The lowest BCUT2D eigenvalue weighted by atomic mass is 10.0. The van der Waals surface area contributed by atoms with Gasteiger partial charge in [0.2, 0.25) is 11.8 Å². The van der Waals surface area contributed by atoms with Crippen molar-refractivity contribution in [2.24, 2.45) is 0 Å². The van der Waals surface area contributed by atoms with Crippen LogP contribution in [0.15, 0.2) is 101 Å². The second kappa shape index (κ2) is 10.1. The zero-order valence-corrected chi connectivity index (χ0v) is 19.8. The van der Waals surface area contributed by atoms with Gasteiger partial charge in [-0.15, -0.1) is 10.2 Å². The Hall–Kier alpha value is -3.94. The van der Waals surface area contributed by atoms with Gasteiger partial charge in [0, 0.05) is 21.7 Å². The highest BCUT2D eigenvalue weighted by atomic mass is 35.5. The topological polar surface area (TPSA) is 85.1 Å². The molecule has 0 atom stereocenters. The molecule has 0 unspecified atom stereocenters. The van der Waals surface area contributed by atoms with Crippen molar-refractivity contribution < 1.29 is 14.0 Å². The minimum Gasteiger partial charge on any atom is -0.411 e. The predicted molar refractivity (Wildman–Crippen MR) is 138 cm³/mol. The van der Waals surface area contributed by atoms with Crippen LogP contribution in [0.1, 0.15) is 15.9 Å². The van der Waals surface area contributed by atoms with Crippen LogP contribution in [0.5, 0.6) is 0 Å². The Labute approximate surface area is 210 Å². The number of rotatable bonds is 7. The van der Waals surface area contributed by atoms with Gasteiger partial charge in [-0.2, -0.15) is 0 Å². The van der Waals surface area contributed by atoms with E-state index in [2.05, 4.69) is 15.5 Å². The van der Waals surface area contributed by atoms with Crippen LogP contribution < -0.4 is 5.32 Å². The van der Waals surface area contributed by atoms with Crippen LogP contribution in [0.4, 0.5) is 5.69 Å². The second-order valence-corrected chi connectivity index (χ2v) is 9.02. The summed E-state index contributed by atoms with van der Waals surface area (Å²) in [5.41, 5.74) is 2.01. The van der Waals surface area contributed by atoms with Crippen molar-refractivity contribution in [1.82, 2.24) is 10.2 Å². The number of amides is 1. The number of hydrogen-bond acceptors (Lipinski definition) is 6. The van der Waals surface area contributed by atoms with Crippen LogP contribution in [0.2, 0.25) is 5.02 Å². The number of anilines is 1. The highest BCUT2D eigenvalue weighted by molar-refractivity contribution is 7.99.